The third-order valence-electron chi connectivity index (χ3n) is 5.51. The van der Waals surface area contributed by atoms with Crippen LogP contribution in [0.15, 0.2) is 58.8 Å². The van der Waals surface area contributed by atoms with Crippen LogP contribution < -0.4 is 9.62 Å². The van der Waals surface area contributed by atoms with Crippen molar-refractivity contribution in [2.45, 2.75) is 17.7 Å². The maximum absolute atomic E-state index is 13.1. The first-order valence-corrected chi connectivity index (χ1v) is 13.6. The largest absolute Gasteiger partial charge is 0.379 e. The molecule has 2 aromatic carbocycles. The zero-order chi connectivity index (χ0) is 22.6. The van der Waals surface area contributed by atoms with E-state index in [-0.39, 0.29) is 23.7 Å². The second kappa shape index (κ2) is 9.62. The van der Waals surface area contributed by atoms with Gasteiger partial charge >= 0.3 is 0 Å². The molecule has 8 nitrogen and oxygen atoms in total. The second-order valence-corrected chi connectivity index (χ2v) is 11.3. The quantitative estimate of drug-likeness (QED) is 0.659. The van der Waals surface area contributed by atoms with Crippen molar-refractivity contribution in [3.8, 4) is 0 Å². The Morgan fingerprint density at radius 3 is 2.25 bits per heavy atom. The van der Waals surface area contributed by atoms with Crippen LogP contribution in [0.2, 0.25) is 0 Å². The van der Waals surface area contributed by atoms with Crippen molar-refractivity contribution in [2.75, 3.05) is 49.0 Å². The van der Waals surface area contributed by atoms with E-state index in [0.717, 1.165) is 36.9 Å². The number of morpholine rings is 1. The highest BCUT2D eigenvalue weighted by atomic mass is 32.2. The Kier molecular flexibility index (Phi) is 6.85. The molecule has 2 heterocycles. The lowest BCUT2D eigenvalue weighted by atomic mass is 10.2. The summed E-state index contributed by atoms with van der Waals surface area (Å²) in [6.07, 6.45) is 3.52. The van der Waals surface area contributed by atoms with Gasteiger partial charge in [-0.2, -0.15) is 4.31 Å². The monoisotopic (exact) mass is 477 g/mol. The molecule has 2 saturated heterocycles. The summed E-state index contributed by atoms with van der Waals surface area (Å²) < 4.78 is 61.1. The van der Waals surface area contributed by atoms with Gasteiger partial charge in [0.25, 0.3) is 10.0 Å². The molecule has 0 aliphatic carbocycles. The molecule has 0 amide bonds. The van der Waals surface area contributed by atoms with E-state index in [1.807, 2.05) is 18.2 Å². The van der Waals surface area contributed by atoms with Crippen molar-refractivity contribution in [1.29, 1.82) is 0 Å². The van der Waals surface area contributed by atoms with E-state index >= 15 is 0 Å². The van der Waals surface area contributed by atoms with Crippen molar-refractivity contribution in [3.05, 3.63) is 59.5 Å². The fourth-order valence-electron chi connectivity index (χ4n) is 3.85. The molecule has 2 fully saturated rings. The highest BCUT2D eigenvalue weighted by Crippen LogP contribution is 2.33. The molecule has 0 atom stereocenters. The zero-order valence-electron chi connectivity index (χ0n) is 17.7. The highest BCUT2D eigenvalue weighted by Gasteiger charge is 2.28. The van der Waals surface area contributed by atoms with Crippen molar-refractivity contribution in [3.63, 3.8) is 0 Å². The number of benzene rings is 2. The van der Waals surface area contributed by atoms with Gasteiger partial charge in [-0.05, 0) is 42.7 Å². The van der Waals surface area contributed by atoms with Crippen LogP contribution in [0.5, 0.6) is 0 Å². The SMILES string of the molecule is O=S(=O)(C=Cc1ccccc1)Nc1cc(S(=O)(=O)N2CCOCC2)ccc1N1CCCC1. The molecule has 2 aromatic rings. The first kappa shape index (κ1) is 22.8. The summed E-state index contributed by atoms with van der Waals surface area (Å²) in [7, 11) is -7.61. The smallest absolute Gasteiger partial charge is 0.255 e. The van der Waals surface area contributed by atoms with Crippen LogP contribution in [0.1, 0.15) is 18.4 Å². The number of nitrogens with one attached hydrogen (secondary N) is 1. The lowest BCUT2D eigenvalue weighted by Gasteiger charge is -2.27. The molecule has 172 valence electrons. The van der Waals surface area contributed by atoms with Crippen LogP contribution in [-0.4, -0.2) is 60.5 Å². The molecule has 2 aliphatic heterocycles. The molecule has 0 spiro atoms. The number of sulfonamides is 2. The minimum atomic E-state index is -3.86. The van der Waals surface area contributed by atoms with Crippen LogP contribution in [0, 0.1) is 0 Å². The van der Waals surface area contributed by atoms with E-state index in [4.69, 9.17) is 4.74 Å². The topological polar surface area (TPSA) is 96.0 Å². The van der Waals surface area contributed by atoms with Gasteiger partial charge in [0.2, 0.25) is 10.0 Å². The molecule has 0 unspecified atom stereocenters. The molecule has 4 rings (SSSR count). The third-order valence-corrected chi connectivity index (χ3v) is 8.41. The number of hydrogen-bond donors (Lipinski definition) is 1. The van der Waals surface area contributed by atoms with Crippen LogP contribution in [0.4, 0.5) is 11.4 Å². The summed E-state index contributed by atoms with van der Waals surface area (Å²) in [5, 5.41) is 1.10. The Hall–Kier alpha value is -2.40. The fraction of sp³-hybridized carbons (Fsp3) is 0.364. The molecule has 0 saturated carbocycles. The van der Waals surface area contributed by atoms with Crippen LogP contribution in [0.3, 0.4) is 0 Å². The third kappa shape index (κ3) is 5.32. The van der Waals surface area contributed by atoms with Crippen LogP contribution in [0.25, 0.3) is 6.08 Å². The van der Waals surface area contributed by atoms with E-state index in [9.17, 15) is 16.8 Å². The Bertz CT molecular complexity index is 1170. The summed E-state index contributed by atoms with van der Waals surface area (Å²) >= 11 is 0. The van der Waals surface area contributed by atoms with Gasteiger partial charge in [0.15, 0.2) is 0 Å². The Balaban J connectivity index is 1.66. The van der Waals surface area contributed by atoms with E-state index in [1.165, 1.54) is 16.4 Å². The van der Waals surface area contributed by atoms with Gasteiger partial charge in [-0.25, -0.2) is 16.8 Å². The average molecular weight is 478 g/mol. The molecule has 0 aromatic heterocycles. The van der Waals surface area contributed by atoms with Gasteiger partial charge in [0.05, 0.1) is 34.9 Å². The molecular weight excluding hydrogens is 450 g/mol. The first-order chi connectivity index (χ1) is 15.4. The minimum absolute atomic E-state index is 0.0621. The summed E-state index contributed by atoms with van der Waals surface area (Å²) in [5.74, 6) is 0. The van der Waals surface area contributed by atoms with E-state index in [0.29, 0.717) is 18.9 Å². The standard InChI is InChI=1S/C22H27N3O5S2/c26-31(27,17-10-19-6-2-1-3-7-19)23-21-18-20(8-9-22(21)24-11-4-5-12-24)32(28,29)25-13-15-30-16-14-25/h1-3,6-10,17-18,23H,4-5,11-16H2. The highest BCUT2D eigenvalue weighted by molar-refractivity contribution is 7.95. The van der Waals surface area contributed by atoms with Gasteiger partial charge in [-0.3, -0.25) is 4.72 Å². The molecule has 10 heteroatoms. The second-order valence-electron chi connectivity index (χ2n) is 7.75. The van der Waals surface area contributed by atoms with Crippen molar-refractivity contribution >= 4 is 37.5 Å². The predicted octanol–water partition coefficient (Wildman–Crippen LogP) is 2.72. The average Bonchev–Trinajstić information content (AvgIpc) is 3.33. The Labute approximate surface area is 189 Å². The predicted molar refractivity (Wildman–Crippen MR) is 125 cm³/mol. The Morgan fingerprint density at radius 2 is 1.56 bits per heavy atom. The van der Waals surface area contributed by atoms with E-state index in [2.05, 4.69) is 9.62 Å². The van der Waals surface area contributed by atoms with Crippen molar-refractivity contribution < 1.29 is 21.6 Å². The van der Waals surface area contributed by atoms with Gasteiger partial charge < -0.3 is 9.64 Å². The first-order valence-electron chi connectivity index (χ1n) is 10.6. The van der Waals surface area contributed by atoms with Crippen molar-refractivity contribution in [2.24, 2.45) is 0 Å². The molecular formula is C22H27N3O5S2. The minimum Gasteiger partial charge on any atom is -0.379 e. The maximum atomic E-state index is 13.1. The van der Waals surface area contributed by atoms with Gasteiger partial charge in [-0.1, -0.05) is 30.3 Å². The van der Waals surface area contributed by atoms with E-state index in [1.54, 1.807) is 24.3 Å². The van der Waals surface area contributed by atoms with Gasteiger partial charge in [0.1, 0.15) is 0 Å². The summed E-state index contributed by atoms with van der Waals surface area (Å²) in [4.78, 5) is 2.14. The van der Waals surface area contributed by atoms with Crippen LogP contribution in [-0.2, 0) is 24.8 Å². The van der Waals surface area contributed by atoms with Gasteiger partial charge in [0, 0.05) is 26.2 Å². The Morgan fingerprint density at radius 1 is 0.875 bits per heavy atom. The molecule has 2 aliphatic rings. The lowest BCUT2D eigenvalue weighted by Crippen LogP contribution is -2.40. The van der Waals surface area contributed by atoms with E-state index < -0.39 is 20.0 Å². The molecule has 0 bridgehead atoms. The fourth-order valence-corrected chi connectivity index (χ4v) is 6.16. The zero-order valence-corrected chi connectivity index (χ0v) is 19.3. The van der Waals surface area contributed by atoms with Gasteiger partial charge in [-0.15, -0.1) is 0 Å². The maximum Gasteiger partial charge on any atom is 0.255 e. The summed E-state index contributed by atoms with van der Waals surface area (Å²) in [5.41, 5.74) is 1.69. The van der Waals surface area contributed by atoms with Crippen LogP contribution >= 0.6 is 0 Å². The molecule has 0 radical (unpaired) electrons. The molecule has 1 N–H and O–H groups in total. The normalized spacial score (nSPS) is 18.3. The summed E-state index contributed by atoms with van der Waals surface area (Å²) in [6.45, 7) is 2.83. The number of hydrogen-bond acceptors (Lipinski definition) is 6. The van der Waals surface area contributed by atoms with Crippen molar-refractivity contribution in [1.82, 2.24) is 4.31 Å². The number of rotatable bonds is 7. The number of ether oxygens (including phenoxy) is 1. The number of anilines is 2. The lowest BCUT2D eigenvalue weighted by molar-refractivity contribution is 0.0730. The molecule has 32 heavy (non-hydrogen) atoms. The summed E-state index contributed by atoms with van der Waals surface area (Å²) in [6, 6.07) is 13.8. The number of nitrogens with zero attached hydrogens (tertiary/aromatic N) is 2.